The molecule has 8 heteroatoms. The van der Waals surface area contributed by atoms with E-state index in [4.69, 9.17) is 27.9 Å². The molecular weight excluding hydrogens is 367 g/mol. The summed E-state index contributed by atoms with van der Waals surface area (Å²) in [5, 5.41) is 3.35. The van der Waals surface area contributed by atoms with Gasteiger partial charge in [-0.3, -0.25) is 14.4 Å². The van der Waals surface area contributed by atoms with Crippen molar-refractivity contribution in [3.8, 4) is 0 Å². The van der Waals surface area contributed by atoms with Crippen molar-refractivity contribution >= 4 is 46.7 Å². The van der Waals surface area contributed by atoms with Crippen LogP contribution in [0, 0.1) is 0 Å². The Labute approximate surface area is 156 Å². The van der Waals surface area contributed by atoms with Crippen LogP contribution in [0.4, 0.5) is 5.69 Å². The van der Waals surface area contributed by atoms with Gasteiger partial charge in [0.15, 0.2) is 6.10 Å². The fraction of sp³-hybridized carbons (Fsp3) is 0.471. The predicted molar refractivity (Wildman–Crippen MR) is 95.7 cm³/mol. The Kier molecular flexibility index (Phi) is 7.08. The third kappa shape index (κ3) is 6.21. The van der Waals surface area contributed by atoms with Gasteiger partial charge in [-0.25, -0.2) is 0 Å². The molecule has 1 aliphatic rings. The molecule has 0 radical (unpaired) electrons. The lowest BCUT2D eigenvalue weighted by molar-refractivity contribution is -0.156. The van der Waals surface area contributed by atoms with Crippen molar-refractivity contribution in [1.29, 1.82) is 0 Å². The molecule has 0 aliphatic carbocycles. The van der Waals surface area contributed by atoms with Crippen LogP contribution in [0.1, 0.15) is 32.6 Å². The minimum Gasteiger partial charge on any atom is -0.451 e. The molecule has 1 heterocycles. The Morgan fingerprint density at radius 2 is 1.88 bits per heavy atom. The van der Waals surface area contributed by atoms with Crippen LogP contribution >= 0.6 is 23.2 Å². The van der Waals surface area contributed by atoms with E-state index in [2.05, 4.69) is 5.32 Å². The first-order valence-corrected chi connectivity index (χ1v) is 8.85. The van der Waals surface area contributed by atoms with Crippen LogP contribution in [0.5, 0.6) is 0 Å². The molecule has 1 N–H and O–H groups in total. The number of nitrogens with zero attached hydrogens (tertiary/aromatic N) is 1. The minimum atomic E-state index is -1.01. The van der Waals surface area contributed by atoms with Gasteiger partial charge >= 0.3 is 5.97 Å². The summed E-state index contributed by atoms with van der Waals surface area (Å²) in [7, 11) is 0. The van der Waals surface area contributed by atoms with Crippen molar-refractivity contribution in [3.63, 3.8) is 0 Å². The molecule has 1 aliphatic heterocycles. The summed E-state index contributed by atoms with van der Waals surface area (Å²) in [6, 6.07) is 4.62. The van der Waals surface area contributed by atoms with Gasteiger partial charge in [0.2, 0.25) is 5.91 Å². The van der Waals surface area contributed by atoms with E-state index >= 15 is 0 Å². The quantitative estimate of drug-likeness (QED) is 0.787. The lowest BCUT2D eigenvalue weighted by atomic mass is 10.2. The third-order valence-electron chi connectivity index (χ3n) is 3.80. The van der Waals surface area contributed by atoms with Gasteiger partial charge in [-0.2, -0.15) is 0 Å². The van der Waals surface area contributed by atoms with Crippen molar-refractivity contribution in [2.24, 2.45) is 0 Å². The smallest absolute Gasteiger partial charge is 0.326 e. The molecule has 0 spiro atoms. The lowest BCUT2D eigenvalue weighted by Crippen LogP contribution is -2.38. The maximum Gasteiger partial charge on any atom is 0.326 e. The molecule has 1 unspecified atom stereocenters. The average Bonchev–Trinajstić information content (AvgIpc) is 2.71. The van der Waals surface area contributed by atoms with Gasteiger partial charge in [0.25, 0.3) is 5.91 Å². The van der Waals surface area contributed by atoms with E-state index in [0.29, 0.717) is 28.7 Å². The second kappa shape index (κ2) is 9.06. The van der Waals surface area contributed by atoms with Crippen molar-refractivity contribution in [2.75, 3.05) is 18.4 Å². The standard InChI is InChI=1S/C17H20Cl2N2O4/c1-11(17(24)20-14-8-12(18)7-13(19)9-14)25-16(23)10-21-6-4-2-3-5-15(21)22/h7-9,11H,2-6,10H2,1H3,(H,20,24). The average molecular weight is 387 g/mol. The molecule has 1 aromatic rings. The zero-order valence-electron chi connectivity index (χ0n) is 13.9. The highest BCUT2D eigenvalue weighted by Gasteiger charge is 2.23. The second-order valence-electron chi connectivity index (χ2n) is 5.91. The molecule has 0 aromatic heterocycles. The van der Waals surface area contributed by atoms with Crippen molar-refractivity contribution in [2.45, 2.75) is 38.7 Å². The predicted octanol–water partition coefficient (Wildman–Crippen LogP) is 3.27. The number of rotatable bonds is 5. The van der Waals surface area contributed by atoms with Gasteiger partial charge in [-0.1, -0.05) is 29.6 Å². The largest absolute Gasteiger partial charge is 0.451 e. The van der Waals surface area contributed by atoms with Crippen LogP contribution in [0.15, 0.2) is 18.2 Å². The Hall–Kier alpha value is -1.79. The maximum absolute atomic E-state index is 12.1. The minimum absolute atomic E-state index is 0.0554. The second-order valence-corrected chi connectivity index (χ2v) is 6.78. The first-order valence-electron chi connectivity index (χ1n) is 8.09. The fourth-order valence-electron chi connectivity index (χ4n) is 2.52. The molecule has 1 saturated heterocycles. The van der Waals surface area contributed by atoms with E-state index < -0.39 is 18.0 Å². The number of carbonyl (C=O) groups excluding carboxylic acids is 3. The van der Waals surface area contributed by atoms with Gasteiger partial charge in [0.05, 0.1) is 0 Å². The maximum atomic E-state index is 12.1. The molecule has 6 nitrogen and oxygen atoms in total. The van der Waals surface area contributed by atoms with Crippen molar-refractivity contribution in [3.05, 3.63) is 28.2 Å². The summed E-state index contributed by atoms with van der Waals surface area (Å²) in [6.45, 7) is 1.86. The molecule has 0 saturated carbocycles. The zero-order chi connectivity index (χ0) is 18.4. The highest BCUT2D eigenvalue weighted by Crippen LogP contribution is 2.22. The van der Waals surface area contributed by atoms with Gasteiger partial charge in [0, 0.05) is 28.7 Å². The normalized spacial score (nSPS) is 16.1. The Morgan fingerprint density at radius 3 is 2.56 bits per heavy atom. The lowest BCUT2D eigenvalue weighted by Gasteiger charge is -2.20. The number of carbonyl (C=O) groups is 3. The third-order valence-corrected chi connectivity index (χ3v) is 4.24. The van der Waals surface area contributed by atoms with Crippen LogP contribution in [0.3, 0.4) is 0 Å². The molecule has 1 atom stereocenters. The van der Waals surface area contributed by atoms with Crippen LogP contribution in [-0.2, 0) is 19.1 Å². The monoisotopic (exact) mass is 386 g/mol. The van der Waals surface area contributed by atoms with Crippen molar-refractivity contribution in [1.82, 2.24) is 4.90 Å². The highest BCUT2D eigenvalue weighted by atomic mass is 35.5. The topological polar surface area (TPSA) is 75.7 Å². The number of hydrogen-bond donors (Lipinski definition) is 1. The van der Waals surface area contributed by atoms with Crippen LogP contribution < -0.4 is 5.32 Å². The van der Waals surface area contributed by atoms with Gasteiger partial charge < -0.3 is 15.0 Å². The summed E-state index contributed by atoms with van der Waals surface area (Å²) in [6.07, 6.45) is 2.11. The summed E-state index contributed by atoms with van der Waals surface area (Å²) >= 11 is 11.7. The van der Waals surface area contributed by atoms with Crippen LogP contribution in [0.25, 0.3) is 0 Å². The van der Waals surface area contributed by atoms with Crippen molar-refractivity contribution < 1.29 is 19.1 Å². The van der Waals surface area contributed by atoms with E-state index in [-0.39, 0.29) is 12.5 Å². The van der Waals surface area contributed by atoms with E-state index in [9.17, 15) is 14.4 Å². The number of anilines is 1. The zero-order valence-corrected chi connectivity index (χ0v) is 15.4. The summed E-state index contributed by atoms with van der Waals surface area (Å²) < 4.78 is 5.13. The first kappa shape index (κ1) is 19.5. The number of benzene rings is 1. The van der Waals surface area contributed by atoms with Gasteiger partial charge in [0.1, 0.15) is 6.54 Å². The number of hydrogen-bond acceptors (Lipinski definition) is 4. The van der Waals surface area contributed by atoms with E-state index in [1.165, 1.54) is 24.0 Å². The van der Waals surface area contributed by atoms with Gasteiger partial charge in [-0.15, -0.1) is 0 Å². The SMILES string of the molecule is CC(OC(=O)CN1CCCCCC1=O)C(=O)Nc1cc(Cl)cc(Cl)c1. The molecule has 25 heavy (non-hydrogen) atoms. The number of likely N-dealkylation sites (tertiary alicyclic amines) is 1. The summed E-state index contributed by atoms with van der Waals surface area (Å²) in [5.74, 6) is -1.17. The summed E-state index contributed by atoms with van der Waals surface area (Å²) in [4.78, 5) is 37.5. The fourth-order valence-corrected chi connectivity index (χ4v) is 3.05. The molecule has 1 aromatic carbocycles. The Bertz CT molecular complexity index is 646. The molecule has 136 valence electrons. The highest BCUT2D eigenvalue weighted by molar-refractivity contribution is 6.35. The molecular formula is C17H20Cl2N2O4. The number of ether oxygens (including phenoxy) is 1. The van der Waals surface area contributed by atoms with Crippen LogP contribution in [0.2, 0.25) is 10.0 Å². The first-order chi connectivity index (χ1) is 11.8. The number of halogens is 2. The van der Waals surface area contributed by atoms with E-state index in [1.54, 1.807) is 6.07 Å². The molecule has 1 fully saturated rings. The van der Waals surface area contributed by atoms with E-state index in [0.717, 1.165) is 19.3 Å². The van der Waals surface area contributed by atoms with Crippen LogP contribution in [-0.4, -0.2) is 41.9 Å². The van der Waals surface area contributed by atoms with E-state index in [1.807, 2.05) is 0 Å². The summed E-state index contributed by atoms with van der Waals surface area (Å²) in [5.41, 5.74) is 0.410. The number of nitrogens with one attached hydrogen (secondary N) is 1. The Morgan fingerprint density at radius 1 is 1.20 bits per heavy atom. The van der Waals surface area contributed by atoms with Gasteiger partial charge in [-0.05, 0) is 38.0 Å². The Balaban J connectivity index is 1.87. The number of amides is 2. The molecule has 2 rings (SSSR count). The molecule has 2 amide bonds. The number of esters is 1. The molecule has 0 bridgehead atoms.